The zero-order valence-corrected chi connectivity index (χ0v) is 18.0. The molecule has 1 amide bonds. The summed E-state index contributed by atoms with van der Waals surface area (Å²) in [5.41, 5.74) is 5.50. The number of aromatic nitrogens is 1. The van der Waals surface area contributed by atoms with Gasteiger partial charge in [-0.25, -0.2) is 0 Å². The first kappa shape index (κ1) is 19.4. The van der Waals surface area contributed by atoms with Crippen LogP contribution in [-0.4, -0.2) is 31.5 Å². The van der Waals surface area contributed by atoms with Gasteiger partial charge in [-0.3, -0.25) is 10.2 Å². The first-order chi connectivity index (χ1) is 13.8. The van der Waals surface area contributed by atoms with Gasteiger partial charge < -0.3 is 4.57 Å². The van der Waals surface area contributed by atoms with E-state index in [1.54, 1.807) is 6.08 Å². The van der Waals surface area contributed by atoms with E-state index >= 15 is 0 Å². The third kappa shape index (κ3) is 3.35. The van der Waals surface area contributed by atoms with Crippen molar-refractivity contribution < 1.29 is 4.79 Å². The van der Waals surface area contributed by atoms with Crippen molar-refractivity contribution in [2.45, 2.75) is 34.6 Å². The first-order valence-corrected chi connectivity index (χ1v) is 10.3. The van der Waals surface area contributed by atoms with Gasteiger partial charge in [0.2, 0.25) is 5.17 Å². The maximum absolute atomic E-state index is 12.7. The molecule has 0 unspecified atom stereocenters. The smallest absolute Gasteiger partial charge is 0.283 e. The lowest BCUT2D eigenvalue weighted by atomic mass is 10.1. The number of hydrogen-bond donors (Lipinski definition) is 1. The molecule has 0 aliphatic carbocycles. The van der Waals surface area contributed by atoms with Gasteiger partial charge in [0.1, 0.15) is 5.04 Å². The van der Waals surface area contributed by atoms with Crippen LogP contribution in [0.3, 0.4) is 0 Å². The van der Waals surface area contributed by atoms with Gasteiger partial charge in [-0.15, -0.1) is 0 Å². The predicted octanol–water partition coefficient (Wildman–Crippen LogP) is 4.68. The van der Waals surface area contributed by atoms with Crippen LogP contribution in [0.2, 0.25) is 0 Å². The summed E-state index contributed by atoms with van der Waals surface area (Å²) in [4.78, 5) is 16.8. The molecule has 148 valence electrons. The van der Waals surface area contributed by atoms with Gasteiger partial charge in [0, 0.05) is 23.0 Å². The second-order valence-corrected chi connectivity index (χ2v) is 8.60. The SMILES string of the molecule is Cc1cccc(-n2c(C)cc(/C=C3/C(=N)N4N=C(C(C)C)SC4=NC3=O)c2C)c1. The van der Waals surface area contributed by atoms with Crippen LogP contribution < -0.4 is 0 Å². The Bertz CT molecular complexity index is 1140. The molecular weight excluding hydrogens is 382 g/mol. The van der Waals surface area contributed by atoms with E-state index < -0.39 is 5.91 Å². The number of carbonyl (C=O) groups excluding carboxylic acids is 1. The van der Waals surface area contributed by atoms with Gasteiger partial charge in [0.15, 0.2) is 5.84 Å². The highest BCUT2D eigenvalue weighted by Crippen LogP contribution is 2.31. The Morgan fingerprint density at radius 2 is 1.93 bits per heavy atom. The summed E-state index contributed by atoms with van der Waals surface area (Å²) in [6, 6.07) is 10.3. The number of amidine groups is 2. The molecule has 2 aliphatic rings. The summed E-state index contributed by atoms with van der Waals surface area (Å²) >= 11 is 1.36. The molecule has 0 bridgehead atoms. The monoisotopic (exact) mass is 405 g/mol. The maximum Gasteiger partial charge on any atom is 0.283 e. The number of rotatable bonds is 3. The zero-order valence-electron chi connectivity index (χ0n) is 17.1. The zero-order chi connectivity index (χ0) is 20.9. The van der Waals surface area contributed by atoms with E-state index in [1.807, 2.05) is 39.8 Å². The molecule has 7 heteroatoms. The number of aryl methyl sites for hydroxylation is 2. The molecule has 4 rings (SSSR count). The quantitative estimate of drug-likeness (QED) is 0.754. The molecule has 0 saturated carbocycles. The Kier molecular flexibility index (Phi) is 4.78. The number of hydrogen-bond acceptors (Lipinski definition) is 4. The van der Waals surface area contributed by atoms with E-state index in [4.69, 9.17) is 5.41 Å². The summed E-state index contributed by atoms with van der Waals surface area (Å²) in [6.07, 6.45) is 1.76. The molecule has 1 N–H and O–H groups in total. The predicted molar refractivity (Wildman–Crippen MR) is 120 cm³/mol. The van der Waals surface area contributed by atoms with Gasteiger partial charge in [-0.1, -0.05) is 26.0 Å². The highest BCUT2D eigenvalue weighted by Gasteiger charge is 2.36. The normalized spacial score (nSPS) is 17.9. The molecule has 0 fully saturated rings. The van der Waals surface area contributed by atoms with Crippen LogP contribution in [0.5, 0.6) is 0 Å². The molecule has 1 aromatic heterocycles. The Morgan fingerprint density at radius 3 is 2.62 bits per heavy atom. The van der Waals surface area contributed by atoms with Crippen LogP contribution >= 0.6 is 11.8 Å². The van der Waals surface area contributed by atoms with E-state index in [1.165, 1.54) is 22.3 Å². The molecule has 2 aliphatic heterocycles. The van der Waals surface area contributed by atoms with Crippen LogP contribution in [0, 0.1) is 32.1 Å². The molecule has 3 heterocycles. The average Bonchev–Trinajstić information content (AvgIpc) is 3.20. The Labute approximate surface area is 174 Å². The topological polar surface area (TPSA) is 73.8 Å². The van der Waals surface area contributed by atoms with E-state index in [0.29, 0.717) is 5.17 Å². The fourth-order valence-electron chi connectivity index (χ4n) is 3.49. The molecule has 1 aromatic carbocycles. The van der Waals surface area contributed by atoms with Crippen molar-refractivity contribution in [3.63, 3.8) is 0 Å². The summed E-state index contributed by atoms with van der Waals surface area (Å²) < 4.78 is 2.16. The van der Waals surface area contributed by atoms with E-state index in [0.717, 1.165) is 27.7 Å². The standard InChI is InChI=1S/C22H23N5OS/c1-12(2)21-25-27-19(23)18(20(28)24-22(27)29-21)11-16-10-14(4)26(15(16)5)17-8-6-7-13(3)9-17/h6-12,23H,1-5H3/b18-11-,23-19?. The minimum Gasteiger partial charge on any atom is -0.318 e. The molecule has 0 spiro atoms. The number of aliphatic imine (C=N–C) groups is 1. The van der Waals surface area contributed by atoms with Crippen LogP contribution in [0.4, 0.5) is 0 Å². The minimum atomic E-state index is -0.394. The van der Waals surface area contributed by atoms with Gasteiger partial charge in [0.25, 0.3) is 5.91 Å². The highest BCUT2D eigenvalue weighted by molar-refractivity contribution is 8.27. The number of amides is 1. The van der Waals surface area contributed by atoms with E-state index in [2.05, 4.69) is 39.8 Å². The molecule has 0 saturated heterocycles. The van der Waals surface area contributed by atoms with Gasteiger partial charge in [-0.05, 0) is 67.9 Å². The third-order valence-corrected chi connectivity index (χ3v) is 6.20. The third-order valence-electron chi connectivity index (χ3n) is 4.99. The van der Waals surface area contributed by atoms with E-state index in [-0.39, 0.29) is 17.3 Å². The number of fused-ring (bicyclic) bond motifs is 1. The second kappa shape index (κ2) is 7.15. The molecule has 29 heavy (non-hydrogen) atoms. The van der Waals surface area contributed by atoms with Gasteiger partial charge >= 0.3 is 0 Å². The Morgan fingerprint density at radius 1 is 1.17 bits per heavy atom. The Hall–Kier alpha value is -2.93. The number of nitrogens with one attached hydrogen (secondary N) is 1. The fourth-order valence-corrected chi connectivity index (χ4v) is 4.39. The van der Waals surface area contributed by atoms with Crippen molar-refractivity contribution in [1.29, 1.82) is 5.41 Å². The molecule has 6 nitrogen and oxygen atoms in total. The summed E-state index contributed by atoms with van der Waals surface area (Å²) in [6.45, 7) is 10.2. The molecular formula is C22H23N5OS. The van der Waals surface area contributed by atoms with Gasteiger partial charge in [-0.2, -0.15) is 15.1 Å². The van der Waals surface area contributed by atoms with Crippen molar-refractivity contribution in [2.75, 3.05) is 0 Å². The number of thioether (sulfide) groups is 1. The minimum absolute atomic E-state index is 0.0727. The lowest BCUT2D eigenvalue weighted by Crippen LogP contribution is -2.35. The van der Waals surface area contributed by atoms with Gasteiger partial charge in [0.05, 0.1) is 5.57 Å². The van der Waals surface area contributed by atoms with Crippen LogP contribution in [0.25, 0.3) is 11.8 Å². The highest BCUT2D eigenvalue weighted by atomic mass is 32.2. The fraction of sp³-hybridized carbons (Fsp3) is 0.273. The molecule has 0 atom stereocenters. The van der Waals surface area contributed by atoms with Crippen molar-refractivity contribution in [3.05, 3.63) is 58.4 Å². The van der Waals surface area contributed by atoms with Crippen molar-refractivity contribution in [3.8, 4) is 5.69 Å². The lowest BCUT2D eigenvalue weighted by molar-refractivity contribution is -0.114. The summed E-state index contributed by atoms with van der Waals surface area (Å²) in [7, 11) is 0. The lowest BCUT2D eigenvalue weighted by Gasteiger charge is -2.20. The maximum atomic E-state index is 12.7. The van der Waals surface area contributed by atoms with Crippen molar-refractivity contribution in [1.82, 2.24) is 9.58 Å². The largest absolute Gasteiger partial charge is 0.318 e. The first-order valence-electron chi connectivity index (χ1n) is 9.52. The number of hydrazone groups is 1. The van der Waals surface area contributed by atoms with E-state index in [9.17, 15) is 4.79 Å². The Balaban J connectivity index is 1.75. The number of benzene rings is 1. The number of carbonyl (C=O) groups is 1. The molecule has 0 radical (unpaired) electrons. The van der Waals surface area contributed by atoms with Crippen molar-refractivity contribution in [2.24, 2.45) is 16.0 Å². The van der Waals surface area contributed by atoms with Crippen LogP contribution in [-0.2, 0) is 4.79 Å². The van der Waals surface area contributed by atoms with Crippen LogP contribution in [0.1, 0.15) is 36.4 Å². The van der Waals surface area contributed by atoms with Crippen LogP contribution in [0.15, 0.2) is 46.0 Å². The summed E-state index contributed by atoms with van der Waals surface area (Å²) in [5, 5.41) is 15.8. The molecule has 2 aromatic rings. The average molecular weight is 406 g/mol. The second-order valence-electron chi connectivity index (χ2n) is 7.61. The summed E-state index contributed by atoms with van der Waals surface area (Å²) in [5.74, 6) is -0.102. The number of nitrogens with zero attached hydrogens (tertiary/aromatic N) is 4. The van der Waals surface area contributed by atoms with Crippen molar-refractivity contribution >= 4 is 39.8 Å².